The maximum Gasteiger partial charge on any atom is 0.229 e. The van der Waals surface area contributed by atoms with Crippen LogP contribution in [0.2, 0.25) is 0 Å². The average Bonchev–Trinajstić information content (AvgIpc) is 2.70. The summed E-state index contributed by atoms with van der Waals surface area (Å²) >= 11 is 0. The van der Waals surface area contributed by atoms with E-state index in [1.807, 2.05) is 0 Å². The number of carbonyl (C=O) groups is 2. The lowest BCUT2D eigenvalue weighted by Gasteiger charge is -2.25. The van der Waals surface area contributed by atoms with Crippen molar-refractivity contribution in [2.45, 2.75) is 44.6 Å². The summed E-state index contributed by atoms with van der Waals surface area (Å²) in [5.74, 6) is 0.0356. The highest BCUT2D eigenvalue weighted by molar-refractivity contribution is 5.97. The molecule has 0 aromatic rings. The second-order valence-electron chi connectivity index (χ2n) is 4.37. The first-order valence-electron chi connectivity index (χ1n) is 5.84. The summed E-state index contributed by atoms with van der Waals surface area (Å²) in [6.45, 7) is 1.68. The Kier molecular flexibility index (Phi) is 3.36. The van der Waals surface area contributed by atoms with Gasteiger partial charge in [-0.05, 0) is 32.2 Å². The van der Waals surface area contributed by atoms with Gasteiger partial charge < -0.3 is 5.32 Å². The quantitative estimate of drug-likeness (QED) is 0.696. The predicted molar refractivity (Wildman–Crippen MR) is 56.2 cm³/mol. The van der Waals surface area contributed by atoms with Crippen LogP contribution in [0.5, 0.6) is 0 Å². The Morgan fingerprint density at radius 2 is 1.93 bits per heavy atom. The number of nitrogens with one attached hydrogen (secondary N) is 1. The fourth-order valence-electron chi connectivity index (χ4n) is 2.34. The van der Waals surface area contributed by atoms with Gasteiger partial charge >= 0.3 is 0 Å². The van der Waals surface area contributed by atoms with Crippen LogP contribution in [0, 0.1) is 0 Å². The molecular formula is C11H18N2O2. The van der Waals surface area contributed by atoms with Crippen molar-refractivity contribution < 1.29 is 9.59 Å². The van der Waals surface area contributed by atoms with Gasteiger partial charge in [0.05, 0.1) is 0 Å². The second-order valence-corrected chi connectivity index (χ2v) is 4.37. The van der Waals surface area contributed by atoms with Gasteiger partial charge in [-0.3, -0.25) is 14.5 Å². The van der Waals surface area contributed by atoms with E-state index >= 15 is 0 Å². The number of amides is 2. The minimum atomic E-state index is 0.0178. The molecule has 2 fully saturated rings. The van der Waals surface area contributed by atoms with Crippen LogP contribution in [-0.2, 0) is 9.59 Å². The van der Waals surface area contributed by atoms with Crippen molar-refractivity contribution in [1.82, 2.24) is 10.2 Å². The summed E-state index contributed by atoms with van der Waals surface area (Å²) in [4.78, 5) is 24.4. The molecule has 4 heteroatoms. The molecule has 84 valence electrons. The Balaban J connectivity index is 1.81. The zero-order valence-electron chi connectivity index (χ0n) is 9.00. The van der Waals surface area contributed by atoms with Gasteiger partial charge in [0.25, 0.3) is 0 Å². The van der Waals surface area contributed by atoms with E-state index in [0.717, 1.165) is 19.4 Å². The predicted octanol–water partition coefficient (Wildman–Crippen LogP) is 0.668. The highest BCUT2D eigenvalue weighted by atomic mass is 16.2. The van der Waals surface area contributed by atoms with Crippen molar-refractivity contribution in [1.29, 1.82) is 0 Å². The van der Waals surface area contributed by atoms with Crippen LogP contribution < -0.4 is 5.32 Å². The van der Waals surface area contributed by atoms with E-state index in [1.165, 1.54) is 17.7 Å². The molecule has 1 unspecified atom stereocenters. The van der Waals surface area contributed by atoms with Crippen molar-refractivity contribution in [2.24, 2.45) is 0 Å². The van der Waals surface area contributed by atoms with Gasteiger partial charge in [-0.1, -0.05) is 0 Å². The molecular weight excluding hydrogens is 192 g/mol. The number of rotatable bonds is 3. The Morgan fingerprint density at radius 1 is 1.20 bits per heavy atom. The van der Waals surface area contributed by atoms with Crippen molar-refractivity contribution >= 4 is 11.8 Å². The van der Waals surface area contributed by atoms with E-state index in [-0.39, 0.29) is 11.8 Å². The molecule has 0 aromatic heterocycles. The van der Waals surface area contributed by atoms with Crippen molar-refractivity contribution in [3.63, 3.8) is 0 Å². The molecule has 2 saturated heterocycles. The lowest BCUT2D eigenvalue weighted by atomic mass is 10.1. The van der Waals surface area contributed by atoms with Crippen LogP contribution in [-0.4, -0.2) is 35.8 Å². The van der Waals surface area contributed by atoms with E-state index in [9.17, 15) is 9.59 Å². The fourth-order valence-corrected chi connectivity index (χ4v) is 2.34. The maximum absolute atomic E-state index is 11.5. The first-order valence-corrected chi connectivity index (χ1v) is 5.84. The lowest BCUT2D eigenvalue weighted by Crippen LogP contribution is -2.42. The summed E-state index contributed by atoms with van der Waals surface area (Å²) < 4.78 is 0. The highest BCUT2D eigenvalue weighted by Crippen LogP contribution is 2.15. The van der Waals surface area contributed by atoms with Gasteiger partial charge in [0, 0.05) is 25.4 Å². The molecule has 4 nitrogen and oxygen atoms in total. The first kappa shape index (κ1) is 10.6. The average molecular weight is 210 g/mol. The molecule has 2 rings (SSSR count). The van der Waals surface area contributed by atoms with Crippen LogP contribution in [0.4, 0.5) is 0 Å². The molecule has 2 aliphatic rings. The molecule has 0 radical (unpaired) electrons. The normalized spacial score (nSPS) is 27.5. The van der Waals surface area contributed by atoms with Crippen LogP contribution in [0.25, 0.3) is 0 Å². The Bertz CT molecular complexity index is 243. The fraction of sp³-hybridized carbons (Fsp3) is 0.818. The van der Waals surface area contributed by atoms with Crippen LogP contribution in [0.1, 0.15) is 38.5 Å². The lowest BCUT2D eigenvalue weighted by molar-refractivity contribution is -0.148. The summed E-state index contributed by atoms with van der Waals surface area (Å²) in [6.07, 6.45) is 5.13. The van der Waals surface area contributed by atoms with Gasteiger partial charge in [-0.25, -0.2) is 0 Å². The zero-order chi connectivity index (χ0) is 10.7. The van der Waals surface area contributed by atoms with Gasteiger partial charge in [0.1, 0.15) is 0 Å². The summed E-state index contributed by atoms with van der Waals surface area (Å²) in [6, 6.07) is 0.507. The molecule has 2 aliphatic heterocycles. The molecule has 0 spiro atoms. The Hall–Kier alpha value is -0.900. The SMILES string of the molecule is O=C1CCCC(=O)N1CCC1CCCN1. The van der Waals surface area contributed by atoms with E-state index < -0.39 is 0 Å². The molecule has 2 heterocycles. The highest BCUT2D eigenvalue weighted by Gasteiger charge is 2.26. The number of hydrogen-bond donors (Lipinski definition) is 1. The van der Waals surface area contributed by atoms with Gasteiger partial charge in [0.2, 0.25) is 11.8 Å². The molecule has 1 atom stereocenters. The van der Waals surface area contributed by atoms with Crippen molar-refractivity contribution in [3.05, 3.63) is 0 Å². The molecule has 15 heavy (non-hydrogen) atoms. The Labute approximate surface area is 90.0 Å². The van der Waals surface area contributed by atoms with Crippen LogP contribution >= 0.6 is 0 Å². The number of piperidine rings is 1. The maximum atomic E-state index is 11.5. The van der Waals surface area contributed by atoms with E-state index in [1.54, 1.807) is 0 Å². The van der Waals surface area contributed by atoms with Crippen molar-refractivity contribution in [3.8, 4) is 0 Å². The third-order valence-corrected chi connectivity index (χ3v) is 3.25. The van der Waals surface area contributed by atoms with Crippen LogP contribution in [0.3, 0.4) is 0 Å². The minimum absolute atomic E-state index is 0.0178. The van der Waals surface area contributed by atoms with Gasteiger partial charge in [0.15, 0.2) is 0 Å². The first-order chi connectivity index (χ1) is 7.27. The molecule has 1 N–H and O–H groups in total. The molecule has 0 bridgehead atoms. The number of likely N-dealkylation sites (tertiary alicyclic amines) is 1. The number of nitrogens with zero attached hydrogens (tertiary/aromatic N) is 1. The van der Waals surface area contributed by atoms with Gasteiger partial charge in [-0.15, -0.1) is 0 Å². The summed E-state index contributed by atoms with van der Waals surface area (Å²) in [7, 11) is 0. The van der Waals surface area contributed by atoms with E-state index in [0.29, 0.717) is 25.4 Å². The second kappa shape index (κ2) is 4.75. The minimum Gasteiger partial charge on any atom is -0.314 e. The summed E-state index contributed by atoms with van der Waals surface area (Å²) in [5, 5.41) is 3.38. The zero-order valence-corrected chi connectivity index (χ0v) is 9.00. The van der Waals surface area contributed by atoms with Gasteiger partial charge in [-0.2, -0.15) is 0 Å². The summed E-state index contributed by atoms with van der Waals surface area (Å²) in [5.41, 5.74) is 0. The van der Waals surface area contributed by atoms with E-state index in [4.69, 9.17) is 0 Å². The molecule has 0 saturated carbocycles. The third kappa shape index (κ3) is 2.56. The molecule has 0 aromatic carbocycles. The van der Waals surface area contributed by atoms with Crippen LogP contribution in [0.15, 0.2) is 0 Å². The standard InChI is InChI=1S/C11H18N2O2/c14-10-4-1-5-11(15)13(10)8-6-9-3-2-7-12-9/h9,12H,1-8H2. The molecule has 2 amide bonds. The molecule has 0 aliphatic carbocycles. The topological polar surface area (TPSA) is 49.4 Å². The number of imide groups is 1. The smallest absolute Gasteiger partial charge is 0.229 e. The largest absolute Gasteiger partial charge is 0.314 e. The third-order valence-electron chi connectivity index (χ3n) is 3.25. The van der Waals surface area contributed by atoms with E-state index in [2.05, 4.69) is 5.32 Å². The van der Waals surface area contributed by atoms with Crippen molar-refractivity contribution in [2.75, 3.05) is 13.1 Å². The number of hydrogen-bond acceptors (Lipinski definition) is 3. The Morgan fingerprint density at radius 3 is 2.53 bits per heavy atom. The monoisotopic (exact) mass is 210 g/mol. The number of carbonyl (C=O) groups excluding carboxylic acids is 2.